The van der Waals surface area contributed by atoms with E-state index < -0.39 is 5.41 Å². The second-order valence-corrected chi connectivity index (χ2v) is 17.5. The van der Waals surface area contributed by atoms with Crippen molar-refractivity contribution in [3.05, 3.63) is 253 Å². The fraction of sp³-hybridized carbons (Fsp3) is 0.0159. The molecule has 0 unspecified atom stereocenters. The van der Waals surface area contributed by atoms with Crippen molar-refractivity contribution in [2.75, 3.05) is 0 Å². The van der Waals surface area contributed by atoms with Gasteiger partial charge in [-0.1, -0.05) is 218 Å². The molecule has 0 bridgehead atoms. The van der Waals surface area contributed by atoms with E-state index in [1.165, 1.54) is 131 Å². The third kappa shape index (κ3) is 4.81. The lowest BCUT2D eigenvalue weighted by Crippen LogP contribution is -2.28. The summed E-state index contributed by atoms with van der Waals surface area (Å²) >= 11 is 0. The van der Waals surface area contributed by atoms with Gasteiger partial charge in [-0.05, 0) is 144 Å². The molecule has 63 heavy (non-hydrogen) atoms. The Morgan fingerprint density at radius 3 is 1.10 bits per heavy atom. The predicted molar refractivity (Wildman–Crippen MR) is 267 cm³/mol. The van der Waals surface area contributed by atoms with Crippen LogP contribution in [0, 0.1) is 0 Å². The number of hydrogen-bond donors (Lipinski definition) is 0. The van der Waals surface area contributed by atoms with Gasteiger partial charge in [0.2, 0.25) is 0 Å². The van der Waals surface area contributed by atoms with Gasteiger partial charge in [-0.25, -0.2) is 0 Å². The Hall–Kier alpha value is -8.06. The molecule has 13 aromatic carbocycles. The Morgan fingerprint density at radius 2 is 0.587 bits per heavy atom. The van der Waals surface area contributed by atoms with Crippen LogP contribution in [0.5, 0.6) is 0 Å². The van der Waals surface area contributed by atoms with E-state index in [0.717, 1.165) is 0 Å². The molecule has 0 spiro atoms. The highest BCUT2D eigenvalue weighted by Gasteiger charge is 2.46. The van der Waals surface area contributed by atoms with Gasteiger partial charge in [-0.2, -0.15) is 0 Å². The number of benzene rings is 13. The lowest BCUT2D eigenvalue weighted by atomic mass is 9.67. The first-order valence-electron chi connectivity index (χ1n) is 22.1. The fourth-order valence-electron chi connectivity index (χ4n) is 11.7. The second-order valence-electron chi connectivity index (χ2n) is 17.5. The third-order valence-corrected chi connectivity index (χ3v) is 14.4. The van der Waals surface area contributed by atoms with Crippen LogP contribution in [0.4, 0.5) is 0 Å². The largest absolute Gasteiger partial charge is 0.0713 e. The lowest BCUT2D eigenvalue weighted by Gasteiger charge is -2.34. The highest BCUT2D eigenvalue weighted by atomic mass is 14.5. The molecule has 0 fully saturated rings. The quantitative estimate of drug-likeness (QED) is 0.152. The summed E-state index contributed by atoms with van der Waals surface area (Å²) in [5.41, 5.74) is 14.6. The van der Waals surface area contributed by atoms with Gasteiger partial charge in [0.1, 0.15) is 0 Å². The first kappa shape index (κ1) is 34.6. The van der Waals surface area contributed by atoms with Crippen molar-refractivity contribution >= 4 is 64.6 Å². The zero-order valence-corrected chi connectivity index (χ0v) is 34.4. The van der Waals surface area contributed by atoms with Gasteiger partial charge >= 0.3 is 0 Å². The van der Waals surface area contributed by atoms with E-state index in [1.54, 1.807) is 0 Å². The van der Waals surface area contributed by atoms with E-state index in [2.05, 4.69) is 231 Å². The van der Waals surface area contributed by atoms with Crippen molar-refractivity contribution in [1.82, 2.24) is 0 Å². The fourth-order valence-corrected chi connectivity index (χ4v) is 11.7. The van der Waals surface area contributed by atoms with Crippen molar-refractivity contribution in [3.8, 4) is 44.5 Å². The van der Waals surface area contributed by atoms with Crippen molar-refractivity contribution in [2.45, 2.75) is 5.41 Å². The molecule has 0 heterocycles. The number of hydrogen-bond acceptors (Lipinski definition) is 0. The van der Waals surface area contributed by atoms with Gasteiger partial charge in [0.25, 0.3) is 0 Å². The molecule has 1 aliphatic carbocycles. The van der Waals surface area contributed by atoms with Gasteiger partial charge in [-0.15, -0.1) is 0 Å². The van der Waals surface area contributed by atoms with E-state index in [0.29, 0.717) is 0 Å². The highest BCUT2D eigenvalue weighted by molar-refractivity contribution is 6.26. The minimum absolute atomic E-state index is 0.537. The molecule has 0 aromatic heterocycles. The van der Waals surface area contributed by atoms with Crippen molar-refractivity contribution in [1.29, 1.82) is 0 Å². The van der Waals surface area contributed by atoms with Crippen LogP contribution in [-0.4, -0.2) is 0 Å². The van der Waals surface area contributed by atoms with E-state index in [1.807, 2.05) is 0 Å². The molecular weight excluding hydrogens is 757 g/mol. The average Bonchev–Trinajstić information content (AvgIpc) is 3.65. The number of fused-ring (bicyclic) bond motifs is 3. The van der Waals surface area contributed by atoms with Crippen LogP contribution in [0.25, 0.3) is 109 Å². The van der Waals surface area contributed by atoms with E-state index in [-0.39, 0.29) is 0 Å². The highest BCUT2D eigenvalue weighted by Crippen LogP contribution is 2.58. The molecule has 0 nitrogen and oxygen atoms in total. The van der Waals surface area contributed by atoms with Crippen molar-refractivity contribution in [2.24, 2.45) is 0 Å². The summed E-state index contributed by atoms with van der Waals surface area (Å²) < 4.78 is 0. The van der Waals surface area contributed by atoms with Gasteiger partial charge in [0.05, 0.1) is 5.41 Å². The van der Waals surface area contributed by atoms with Crippen LogP contribution in [0.3, 0.4) is 0 Å². The molecule has 0 aliphatic heterocycles. The monoisotopic (exact) mass is 794 g/mol. The van der Waals surface area contributed by atoms with Crippen LogP contribution < -0.4 is 0 Å². The normalized spacial score (nSPS) is 13.2. The first-order valence-corrected chi connectivity index (χ1v) is 22.1. The third-order valence-electron chi connectivity index (χ3n) is 14.4. The van der Waals surface area contributed by atoms with Gasteiger partial charge in [-0.3, -0.25) is 0 Å². The van der Waals surface area contributed by atoms with Crippen LogP contribution in [0.1, 0.15) is 22.3 Å². The van der Waals surface area contributed by atoms with Gasteiger partial charge in [0.15, 0.2) is 0 Å². The zero-order valence-electron chi connectivity index (χ0n) is 34.4. The maximum atomic E-state index is 2.51. The van der Waals surface area contributed by atoms with Crippen molar-refractivity contribution < 1.29 is 0 Å². The molecule has 290 valence electrons. The Kier molecular flexibility index (Phi) is 7.13. The van der Waals surface area contributed by atoms with E-state index in [9.17, 15) is 0 Å². The molecule has 0 radical (unpaired) electrons. The van der Waals surface area contributed by atoms with Crippen molar-refractivity contribution in [3.63, 3.8) is 0 Å². The molecule has 0 saturated carbocycles. The molecular formula is C63H38. The Bertz CT molecular complexity index is 3860. The average molecular weight is 795 g/mol. The molecule has 0 saturated heterocycles. The Balaban J connectivity index is 0.947. The van der Waals surface area contributed by atoms with Crippen LogP contribution in [0.15, 0.2) is 231 Å². The molecule has 0 N–H and O–H groups in total. The summed E-state index contributed by atoms with van der Waals surface area (Å²) in [4.78, 5) is 0. The second kappa shape index (κ2) is 13.0. The van der Waals surface area contributed by atoms with Crippen LogP contribution >= 0.6 is 0 Å². The summed E-state index contributed by atoms with van der Waals surface area (Å²) in [6, 6.07) is 86.9. The SMILES string of the molecule is c1ccc(C2(c3ccccc3)c3cc(-c4ccc(-c5ccc6ccc7cccc8ccc5c6c78)cc4)ccc3-c3ccc(-c4ccc5ccc6cccc7ccc4c5c67)cc32)cc1. The topological polar surface area (TPSA) is 0 Å². The lowest BCUT2D eigenvalue weighted by molar-refractivity contribution is 0.769. The first-order chi connectivity index (χ1) is 31.2. The van der Waals surface area contributed by atoms with Gasteiger partial charge < -0.3 is 0 Å². The van der Waals surface area contributed by atoms with E-state index in [4.69, 9.17) is 0 Å². The molecule has 13 aromatic rings. The maximum Gasteiger partial charge on any atom is 0.0713 e. The Morgan fingerprint density at radius 1 is 0.222 bits per heavy atom. The summed E-state index contributed by atoms with van der Waals surface area (Å²) in [5, 5.41) is 15.7. The molecule has 14 rings (SSSR count). The minimum Gasteiger partial charge on any atom is -0.0622 e. The summed E-state index contributed by atoms with van der Waals surface area (Å²) in [7, 11) is 0. The molecule has 1 aliphatic rings. The summed E-state index contributed by atoms with van der Waals surface area (Å²) in [6.45, 7) is 0. The smallest absolute Gasteiger partial charge is 0.0622 e. The van der Waals surface area contributed by atoms with Gasteiger partial charge in [0, 0.05) is 0 Å². The standard InChI is InChI=1S/C63H38/c1-3-13-49(14-4-1)63(50-15-5-2-6-16-50)57-37-47(39-17-19-40(20-18-39)51-31-25-45-23-21-41-9-7-11-43-27-35-55(51)61(45)59(41)43)29-33-53(57)54-34-30-48(38-58(54)63)52-32-26-46-24-22-42-10-8-12-44-28-36-56(52)62(46)60(42)44/h1-38H. The van der Waals surface area contributed by atoms with E-state index >= 15 is 0 Å². The molecule has 0 heteroatoms. The number of rotatable bonds is 5. The molecule has 0 atom stereocenters. The maximum absolute atomic E-state index is 2.51. The predicted octanol–water partition coefficient (Wildman–Crippen LogP) is 16.8. The van der Waals surface area contributed by atoms with Crippen LogP contribution in [-0.2, 0) is 5.41 Å². The Labute approximate surface area is 365 Å². The minimum atomic E-state index is -0.537. The summed E-state index contributed by atoms with van der Waals surface area (Å²) in [5.74, 6) is 0. The molecule has 0 amide bonds. The zero-order chi connectivity index (χ0) is 41.2. The van der Waals surface area contributed by atoms with Crippen LogP contribution in [0.2, 0.25) is 0 Å². The summed E-state index contributed by atoms with van der Waals surface area (Å²) in [6.07, 6.45) is 0.